The quantitative estimate of drug-likeness (QED) is 0.0192. The van der Waals surface area contributed by atoms with Crippen LogP contribution in [-0.4, -0.2) is 119 Å². The highest BCUT2D eigenvalue weighted by atomic mass is 16.7. The molecule has 0 aromatic rings. The summed E-state index contributed by atoms with van der Waals surface area (Å²) >= 11 is 0. The molecule has 0 aromatic carbocycles. The van der Waals surface area contributed by atoms with Crippen molar-refractivity contribution < 1.29 is 72.8 Å². The Hall–Kier alpha value is -2.69. The molecule has 0 aromatic heterocycles. The third-order valence-electron chi connectivity index (χ3n) is 18.5. The van der Waals surface area contributed by atoms with E-state index in [9.17, 15) is 44.4 Å². The van der Waals surface area contributed by atoms with Gasteiger partial charge in [-0.15, -0.1) is 0 Å². The number of carbonyl (C=O) groups is 5. The van der Waals surface area contributed by atoms with Gasteiger partial charge in [0.15, 0.2) is 30.9 Å². The normalized spacial score (nSPS) is 18.0. The maximum absolute atomic E-state index is 14.2. The van der Waals surface area contributed by atoms with E-state index >= 15 is 0 Å². The molecule has 1 rings (SSSR count). The van der Waals surface area contributed by atoms with Crippen LogP contribution in [0.2, 0.25) is 0 Å². The van der Waals surface area contributed by atoms with Crippen molar-refractivity contribution in [3.63, 3.8) is 0 Å². The van der Waals surface area contributed by atoms with Crippen LogP contribution in [0.5, 0.6) is 0 Å². The number of aliphatic hydroxyl groups excluding tert-OH is 4. The van der Waals surface area contributed by atoms with Crippen LogP contribution in [0.1, 0.15) is 387 Å². The Kier molecular flexibility index (Phi) is 60.1. The Balaban J connectivity index is 3.45. The predicted octanol–water partition coefficient (Wildman–Crippen LogP) is 18.6. The largest absolute Gasteiger partial charge is 0.462 e. The highest BCUT2D eigenvalue weighted by Crippen LogP contribution is 2.29. The van der Waals surface area contributed by atoms with Gasteiger partial charge in [0, 0.05) is 25.7 Å². The lowest BCUT2D eigenvalue weighted by atomic mass is 9.98. The zero-order valence-corrected chi connectivity index (χ0v) is 59.1. The molecule has 0 aliphatic carbocycles. The summed E-state index contributed by atoms with van der Waals surface area (Å²) in [6.45, 7) is 7.48. The molecule has 0 amide bonds. The number of aliphatic hydroxyl groups is 4. The van der Waals surface area contributed by atoms with Crippen molar-refractivity contribution in [2.75, 3.05) is 13.2 Å². The monoisotopic (exact) mass is 1300 g/mol. The number of rotatable bonds is 68. The fourth-order valence-electron chi connectivity index (χ4n) is 12.4. The average Bonchev–Trinajstić information content (AvgIpc) is 1.36. The van der Waals surface area contributed by atoms with Crippen LogP contribution in [0, 0.1) is 0 Å². The maximum Gasteiger partial charge on any atom is 0.306 e. The molecular formula is C76H142O15. The van der Waals surface area contributed by atoms with E-state index in [0.717, 1.165) is 103 Å². The summed E-state index contributed by atoms with van der Waals surface area (Å²) in [4.78, 5) is 69.2. The first-order valence-corrected chi connectivity index (χ1v) is 38.6. The molecule has 9 atom stereocenters. The summed E-state index contributed by atoms with van der Waals surface area (Å²) in [5, 5.41) is 43.5. The number of aldehydes is 1. The number of unbranched alkanes of at least 4 members (excludes halogenated alkanes) is 48. The van der Waals surface area contributed by atoms with Gasteiger partial charge in [-0.1, -0.05) is 336 Å². The number of esters is 4. The van der Waals surface area contributed by atoms with Gasteiger partial charge in [-0.05, 0) is 25.7 Å². The molecule has 1 aliphatic rings. The van der Waals surface area contributed by atoms with Gasteiger partial charge in [-0.25, -0.2) is 0 Å². The van der Waals surface area contributed by atoms with Gasteiger partial charge in [0.1, 0.15) is 37.1 Å². The van der Waals surface area contributed by atoms with E-state index in [4.69, 9.17) is 28.4 Å². The molecule has 0 bridgehead atoms. The molecule has 1 aliphatic heterocycles. The van der Waals surface area contributed by atoms with E-state index < -0.39 is 92.2 Å². The fourth-order valence-corrected chi connectivity index (χ4v) is 12.4. The van der Waals surface area contributed by atoms with Crippen molar-refractivity contribution in [1.29, 1.82) is 0 Å². The molecule has 1 fully saturated rings. The molecule has 1 heterocycles. The smallest absolute Gasteiger partial charge is 0.306 e. The lowest BCUT2D eigenvalue weighted by Gasteiger charge is -2.43. The van der Waals surface area contributed by atoms with Crippen molar-refractivity contribution in [3.8, 4) is 0 Å². The Morgan fingerprint density at radius 3 is 0.923 bits per heavy atom. The second-order valence-corrected chi connectivity index (χ2v) is 27.0. The van der Waals surface area contributed by atoms with E-state index in [-0.39, 0.29) is 25.7 Å². The second-order valence-electron chi connectivity index (χ2n) is 27.0. The van der Waals surface area contributed by atoms with E-state index in [1.807, 2.05) is 0 Å². The summed E-state index contributed by atoms with van der Waals surface area (Å²) in [5.74, 6) is -2.77. The Morgan fingerprint density at radius 2 is 0.626 bits per heavy atom. The first-order valence-electron chi connectivity index (χ1n) is 38.6. The number of hydrogen-bond acceptors (Lipinski definition) is 15. The fraction of sp³-hybridized carbons (Fsp3) is 0.934. The minimum absolute atomic E-state index is 0.0251. The summed E-state index contributed by atoms with van der Waals surface area (Å²) < 4.78 is 36.4. The van der Waals surface area contributed by atoms with Gasteiger partial charge in [0.2, 0.25) is 0 Å². The Labute approximate surface area is 556 Å². The summed E-state index contributed by atoms with van der Waals surface area (Å²) in [5.41, 5.74) is 0. The zero-order chi connectivity index (χ0) is 66.5. The second kappa shape index (κ2) is 63.4. The summed E-state index contributed by atoms with van der Waals surface area (Å²) in [6.07, 6.45) is 41.9. The molecule has 0 unspecified atom stereocenters. The lowest BCUT2D eigenvalue weighted by Crippen LogP contribution is -2.62. The average molecular weight is 1300 g/mol. The Morgan fingerprint density at radius 1 is 0.352 bits per heavy atom. The van der Waals surface area contributed by atoms with Crippen LogP contribution in [0.15, 0.2) is 0 Å². The third kappa shape index (κ3) is 48.6. The highest BCUT2D eigenvalue weighted by molar-refractivity contribution is 5.74. The Bertz CT molecular complexity index is 1660. The molecule has 4 N–H and O–H groups in total. The molecule has 0 saturated carbocycles. The van der Waals surface area contributed by atoms with Crippen molar-refractivity contribution in [2.24, 2.45) is 0 Å². The topological polar surface area (TPSA) is 222 Å². The minimum Gasteiger partial charge on any atom is -0.462 e. The van der Waals surface area contributed by atoms with Gasteiger partial charge in [0.25, 0.3) is 0 Å². The van der Waals surface area contributed by atoms with E-state index in [1.165, 1.54) is 205 Å². The number of hydrogen-bond donors (Lipinski definition) is 4. The standard InChI is InChI=1S/C76H142O15/c1-5-9-13-17-21-25-29-33-37-41-45-49-53-57-67(79)86-63-66(88-69(81)59-55-51-47-43-39-35-31-27-23-19-15-11-7-3)75(91-76-73(85)72(84)71(83)64(61-77)89-76)74(90-70(82)60-56-52-48-44-40-36-32-28-24-20-16-12-8-4)65(62-78)87-68(80)58-54-50-46-42-38-34-30-26-22-18-14-10-6-2/h62,64-66,71-77,83-85H,5-61,63H2,1-4H3/t64-,65+,66-,71-,72+,73-,74-,75-,76-/m1/s1. The predicted molar refractivity (Wildman–Crippen MR) is 367 cm³/mol. The van der Waals surface area contributed by atoms with Crippen molar-refractivity contribution in [1.82, 2.24) is 0 Å². The van der Waals surface area contributed by atoms with Crippen LogP contribution >= 0.6 is 0 Å². The van der Waals surface area contributed by atoms with Crippen LogP contribution in [0.25, 0.3) is 0 Å². The van der Waals surface area contributed by atoms with Crippen molar-refractivity contribution in [3.05, 3.63) is 0 Å². The molecule has 15 nitrogen and oxygen atoms in total. The zero-order valence-electron chi connectivity index (χ0n) is 59.1. The van der Waals surface area contributed by atoms with Crippen LogP contribution in [-0.2, 0) is 52.4 Å². The van der Waals surface area contributed by atoms with Gasteiger partial charge < -0.3 is 48.8 Å². The minimum atomic E-state index is -1.98. The van der Waals surface area contributed by atoms with Gasteiger partial charge in [-0.3, -0.25) is 24.0 Å². The van der Waals surface area contributed by atoms with Crippen molar-refractivity contribution in [2.45, 2.75) is 442 Å². The molecule has 0 radical (unpaired) electrons. The van der Waals surface area contributed by atoms with Gasteiger partial charge in [0.05, 0.1) is 6.61 Å². The van der Waals surface area contributed by atoms with E-state index in [2.05, 4.69) is 27.7 Å². The lowest BCUT2D eigenvalue weighted by molar-refractivity contribution is -0.327. The molecule has 91 heavy (non-hydrogen) atoms. The summed E-state index contributed by atoms with van der Waals surface area (Å²) in [7, 11) is 0. The molecule has 0 spiro atoms. The SMILES string of the molecule is CCCCCCCCCCCCCCCC(=O)OC[C@@H](OC(=O)CCCCCCCCCCCCCCC)[C@@H](O[C@H]1O[C@H](CO)[C@@H](O)[C@H](O)[C@H]1O)[C@H](OC(=O)CCCCCCCCCCCCCCC)[C@H](C=O)OC(=O)CCCCCCCCCCCCCCC. The first kappa shape index (κ1) is 86.3. The number of ether oxygens (including phenoxy) is 6. The van der Waals surface area contributed by atoms with E-state index in [1.54, 1.807) is 0 Å². The summed E-state index contributed by atoms with van der Waals surface area (Å²) in [6, 6.07) is 0. The highest BCUT2D eigenvalue weighted by Gasteiger charge is 2.50. The van der Waals surface area contributed by atoms with Crippen molar-refractivity contribution >= 4 is 30.2 Å². The van der Waals surface area contributed by atoms with Gasteiger partial charge in [-0.2, -0.15) is 0 Å². The third-order valence-corrected chi connectivity index (χ3v) is 18.5. The molecule has 1 saturated heterocycles. The molecule has 15 heteroatoms. The van der Waals surface area contributed by atoms with E-state index in [0.29, 0.717) is 32.0 Å². The van der Waals surface area contributed by atoms with Crippen LogP contribution in [0.3, 0.4) is 0 Å². The van der Waals surface area contributed by atoms with Gasteiger partial charge >= 0.3 is 23.9 Å². The molecular weight excluding hydrogens is 1150 g/mol. The maximum atomic E-state index is 14.2. The first-order chi connectivity index (χ1) is 44.5. The number of carbonyl (C=O) groups excluding carboxylic acids is 5. The van der Waals surface area contributed by atoms with Crippen LogP contribution in [0.4, 0.5) is 0 Å². The van der Waals surface area contributed by atoms with Crippen LogP contribution < -0.4 is 0 Å². The molecule has 536 valence electrons.